The quantitative estimate of drug-likeness (QED) is 0.851. The van der Waals surface area contributed by atoms with Crippen LogP contribution in [0.5, 0.6) is 5.75 Å². The molecule has 2 aromatic rings. The number of rotatable bonds is 6. The Bertz CT molecular complexity index is 578. The Morgan fingerprint density at radius 3 is 2.29 bits per heavy atom. The molecule has 2 aromatic carbocycles. The molecule has 0 radical (unpaired) electrons. The van der Waals surface area contributed by atoms with Crippen LogP contribution in [-0.4, -0.2) is 13.2 Å². The van der Waals surface area contributed by atoms with Gasteiger partial charge in [-0.15, -0.1) is 0 Å². The fourth-order valence-corrected chi connectivity index (χ4v) is 2.52. The summed E-state index contributed by atoms with van der Waals surface area (Å²) in [6.45, 7) is 10.0. The van der Waals surface area contributed by atoms with Crippen molar-refractivity contribution in [2.75, 3.05) is 13.2 Å². The first-order valence-corrected chi connectivity index (χ1v) is 7.61. The summed E-state index contributed by atoms with van der Waals surface area (Å²) in [5, 5.41) is 3.50. The predicted molar refractivity (Wildman–Crippen MR) is 89.0 cm³/mol. The van der Waals surface area contributed by atoms with Gasteiger partial charge in [0.25, 0.3) is 0 Å². The van der Waals surface area contributed by atoms with E-state index in [4.69, 9.17) is 4.74 Å². The molecule has 1 unspecified atom stereocenters. The molecule has 0 saturated heterocycles. The van der Waals surface area contributed by atoms with Crippen molar-refractivity contribution >= 4 is 0 Å². The van der Waals surface area contributed by atoms with Gasteiger partial charge in [0, 0.05) is 0 Å². The van der Waals surface area contributed by atoms with Crippen LogP contribution in [0.1, 0.15) is 35.2 Å². The molecule has 0 aromatic heterocycles. The van der Waals surface area contributed by atoms with E-state index in [1.807, 2.05) is 6.07 Å². The third-order valence-electron chi connectivity index (χ3n) is 3.92. The van der Waals surface area contributed by atoms with Crippen LogP contribution >= 0.6 is 0 Å². The number of hydrogen-bond donors (Lipinski definition) is 1. The molecule has 2 nitrogen and oxygen atoms in total. The van der Waals surface area contributed by atoms with E-state index < -0.39 is 0 Å². The normalized spacial score (nSPS) is 12.2. The average molecular weight is 283 g/mol. The molecule has 0 spiro atoms. The van der Waals surface area contributed by atoms with Crippen LogP contribution in [0.4, 0.5) is 0 Å². The minimum absolute atomic E-state index is 0.218. The van der Waals surface area contributed by atoms with Crippen molar-refractivity contribution in [3.05, 3.63) is 64.7 Å². The molecule has 0 aliphatic heterocycles. The topological polar surface area (TPSA) is 21.3 Å². The van der Waals surface area contributed by atoms with Gasteiger partial charge in [0.15, 0.2) is 0 Å². The van der Waals surface area contributed by atoms with Gasteiger partial charge in [-0.1, -0.05) is 49.4 Å². The van der Waals surface area contributed by atoms with Crippen LogP contribution in [0.15, 0.2) is 42.5 Å². The van der Waals surface area contributed by atoms with E-state index in [9.17, 15) is 0 Å². The molecule has 0 aliphatic carbocycles. The minimum atomic E-state index is 0.218. The lowest BCUT2D eigenvalue weighted by Gasteiger charge is -2.21. The van der Waals surface area contributed by atoms with Gasteiger partial charge in [0.1, 0.15) is 12.4 Å². The molecule has 1 atom stereocenters. The zero-order valence-corrected chi connectivity index (χ0v) is 13.4. The Labute approximate surface area is 128 Å². The Kier molecular flexibility index (Phi) is 5.40. The highest BCUT2D eigenvalue weighted by molar-refractivity contribution is 5.44. The van der Waals surface area contributed by atoms with Gasteiger partial charge in [0.05, 0.1) is 6.04 Å². The van der Waals surface area contributed by atoms with Gasteiger partial charge in [-0.05, 0) is 49.6 Å². The number of hydrogen-bond acceptors (Lipinski definition) is 2. The summed E-state index contributed by atoms with van der Waals surface area (Å²) in [5.41, 5.74) is 4.97. The Morgan fingerprint density at radius 2 is 1.62 bits per heavy atom. The average Bonchev–Trinajstić information content (AvgIpc) is 2.51. The molecule has 0 aliphatic rings. The lowest BCUT2D eigenvalue weighted by Crippen LogP contribution is -2.26. The van der Waals surface area contributed by atoms with Crippen LogP contribution in [0, 0.1) is 20.8 Å². The summed E-state index contributed by atoms with van der Waals surface area (Å²) >= 11 is 0. The van der Waals surface area contributed by atoms with Crippen LogP contribution in [0.25, 0.3) is 0 Å². The molecule has 21 heavy (non-hydrogen) atoms. The Morgan fingerprint density at radius 1 is 0.952 bits per heavy atom. The lowest BCUT2D eigenvalue weighted by molar-refractivity contribution is 0.265. The van der Waals surface area contributed by atoms with Crippen molar-refractivity contribution in [1.29, 1.82) is 0 Å². The van der Waals surface area contributed by atoms with E-state index in [0.717, 1.165) is 12.3 Å². The Hall–Kier alpha value is -1.80. The highest BCUT2D eigenvalue weighted by atomic mass is 16.5. The first kappa shape index (κ1) is 15.6. The lowest BCUT2D eigenvalue weighted by atomic mass is 10.0. The first-order chi connectivity index (χ1) is 10.1. The molecule has 2 heteroatoms. The van der Waals surface area contributed by atoms with E-state index in [1.54, 1.807) is 0 Å². The van der Waals surface area contributed by atoms with Gasteiger partial charge in [-0.25, -0.2) is 0 Å². The van der Waals surface area contributed by atoms with Crippen molar-refractivity contribution in [1.82, 2.24) is 5.32 Å². The number of likely N-dealkylation sites (N-methyl/N-ethyl adjacent to an activating group) is 1. The minimum Gasteiger partial charge on any atom is -0.491 e. The summed E-state index contributed by atoms with van der Waals surface area (Å²) in [5.74, 6) is 1.02. The molecule has 0 bridgehead atoms. The van der Waals surface area contributed by atoms with Crippen LogP contribution < -0.4 is 10.1 Å². The van der Waals surface area contributed by atoms with Gasteiger partial charge in [-0.2, -0.15) is 0 Å². The highest BCUT2D eigenvalue weighted by Crippen LogP contribution is 2.27. The third-order valence-corrected chi connectivity index (χ3v) is 3.92. The summed E-state index contributed by atoms with van der Waals surface area (Å²) in [6, 6.07) is 15.0. The van der Waals surface area contributed by atoms with E-state index in [2.05, 4.69) is 69.4 Å². The summed E-state index contributed by atoms with van der Waals surface area (Å²) in [4.78, 5) is 0. The molecule has 2 rings (SSSR count). The zero-order valence-electron chi connectivity index (χ0n) is 13.4. The van der Waals surface area contributed by atoms with Crippen molar-refractivity contribution < 1.29 is 4.74 Å². The number of benzene rings is 2. The fraction of sp³-hybridized carbons (Fsp3) is 0.368. The van der Waals surface area contributed by atoms with Crippen LogP contribution in [-0.2, 0) is 0 Å². The number of nitrogens with one attached hydrogen (secondary N) is 1. The van der Waals surface area contributed by atoms with E-state index in [0.29, 0.717) is 6.61 Å². The zero-order chi connectivity index (χ0) is 15.2. The third kappa shape index (κ3) is 3.85. The standard InChI is InChI=1S/C19H25NO/c1-5-20-18(17-9-7-6-8-10-17)13-21-19-15(3)12-11-14(2)16(19)4/h6-12,18,20H,5,13H2,1-4H3. The fourth-order valence-electron chi connectivity index (χ4n) is 2.52. The number of ether oxygens (including phenoxy) is 1. The summed E-state index contributed by atoms with van der Waals surface area (Å²) in [6.07, 6.45) is 0. The largest absolute Gasteiger partial charge is 0.491 e. The molecule has 0 saturated carbocycles. The van der Waals surface area contributed by atoms with Gasteiger partial charge < -0.3 is 10.1 Å². The Balaban J connectivity index is 2.15. The second kappa shape index (κ2) is 7.28. The maximum atomic E-state index is 6.16. The van der Waals surface area contributed by atoms with Gasteiger partial charge >= 0.3 is 0 Å². The summed E-state index contributed by atoms with van der Waals surface area (Å²) < 4.78 is 6.16. The summed E-state index contributed by atoms with van der Waals surface area (Å²) in [7, 11) is 0. The van der Waals surface area contributed by atoms with E-state index in [-0.39, 0.29) is 6.04 Å². The van der Waals surface area contributed by atoms with Crippen molar-refractivity contribution in [3.8, 4) is 5.75 Å². The van der Waals surface area contributed by atoms with Crippen LogP contribution in [0.3, 0.4) is 0 Å². The van der Waals surface area contributed by atoms with E-state index in [1.165, 1.54) is 22.3 Å². The second-order valence-corrected chi connectivity index (χ2v) is 5.49. The molecular formula is C19H25NO. The second-order valence-electron chi connectivity index (χ2n) is 5.49. The van der Waals surface area contributed by atoms with Gasteiger partial charge in [-0.3, -0.25) is 0 Å². The van der Waals surface area contributed by atoms with Crippen molar-refractivity contribution in [2.24, 2.45) is 0 Å². The van der Waals surface area contributed by atoms with Crippen molar-refractivity contribution in [3.63, 3.8) is 0 Å². The number of aryl methyl sites for hydroxylation is 2. The molecule has 0 amide bonds. The molecular weight excluding hydrogens is 258 g/mol. The molecule has 112 valence electrons. The molecule has 0 heterocycles. The first-order valence-electron chi connectivity index (χ1n) is 7.61. The predicted octanol–water partition coefficient (Wildman–Crippen LogP) is 4.34. The smallest absolute Gasteiger partial charge is 0.125 e. The van der Waals surface area contributed by atoms with Crippen LogP contribution in [0.2, 0.25) is 0 Å². The van der Waals surface area contributed by atoms with E-state index >= 15 is 0 Å². The molecule has 0 fully saturated rings. The SMILES string of the molecule is CCNC(COc1c(C)ccc(C)c1C)c1ccccc1. The highest BCUT2D eigenvalue weighted by Gasteiger charge is 2.13. The maximum Gasteiger partial charge on any atom is 0.125 e. The van der Waals surface area contributed by atoms with Crippen molar-refractivity contribution in [2.45, 2.75) is 33.7 Å². The van der Waals surface area contributed by atoms with Gasteiger partial charge in [0.2, 0.25) is 0 Å². The monoisotopic (exact) mass is 283 g/mol. The maximum absolute atomic E-state index is 6.16. The molecule has 1 N–H and O–H groups in total.